The van der Waals surface area contributed by atoms with Gasteiger partial charge >= 0.3 is 5.97 Å². The Balaban J connectivity index is 3.24. The van der Waals surface area contributed by atoms with Gasteiger partial charge in [-0.25, -0.2) is 9.79 Å². The summed E-state index contributed by atoms with van der Waals surface area (Å²) in [6, 6.07) is 0. The van der Waals surface area contributed by atoms with Gasteiger partial charge in [0.2, 0.25) is 11.0 Å². The van der Waals surface area contributed by atoms with E-state index >= 15 is 0 Å². The van der Waals surface area contributed by atoms with Crippen LogP contribution in [0.25, 0.3) is 0 Å². The van der Waals surface area contributed by atoms with Crippen LogP contribution in [0.5, 0.6) is 0 Å². The Kier molecular flexibility index (Phi) is 6.02. The summed E-state index contributed by atoms with van der Waals surface area (Å²) >= 11 is 0.970. The molecule has 0 saturated heterocycles. The maximum absolute atomic E-state index is 11.7. The largest absolute Gasteiger partial charge is 0.465 e. The molecule has 1 heterocycles. The number of thiazole rings is 1. The van der Waals surface area contributed by atoms with Crippen molar-refractivity contribution in [1.82, 2.24) is 4.98 Å². The molecule has 21 heavy (non-hydrogen) atoms. The van der Waals surface area contributed by atoms with E-state index in [4.69, 9.17) is 5.73 Å². The second-order valence-corrected chi connectivity index (χ2v) is 4.44. The highest BCUT2D eigenvalue weighted by Gasteiger charge is 2.19. The molecule has 0 radical (unpaired) electrons. The van der Waals surface area contributed by atoms with Gasteiger partial charge in [0.1, 0.15) is 0 Å². The Labute approximate surface area is 125 Å². The van der Waals surface area contributed by atoms with Crippen LogP contribution in [-0.2, 0) is 9.53 Å². The van der Waals surface area contributed by atoms with Crippen molar-refractivity contribution in [2.75, 3.05) is 12.4 Å². The van der Waals surface area contributed by atoms with Gasteiger partial charge in [0.15, 0.2) is 10.7 Å². The number of ether oxygens (including phenoxy) is 1. The van der Waals surface area contributed by atoms with Gasteiger partial charge in [0.25, 0.3) is 0 Å². The summed E-state index contributed by atoms with van der Waals surface area (Å²) in [6.07, 6.45) is 5.37. The molecule has 1 aromatic rings. The Morgan fingerprint density at radius 3 is 2.67 bits per heavy atom. The molecule has 0 aliphatic rings. The maximum atomic E-state index is 11.7. The molecule has 1 rings (SSSR count). The van der Waals surface area contributed by atoms with Crippen LogP contribution < -0.4 is 11.1 Å². The monoisotopic (exact) mass is 306 g/mol. The molecule has 110 valence electrons. The summed E-state index contributed by atoms with van der Waals surface area (Å²) in [6.45, 7) is 6.91. The smallest absolute Gasteiger partial charge is 0.352 e. The molecule has 0 spiro atoms. The highest BCUT2D eigenvalue weighted by atomic mass is 32.1. The number of rotatable bonds is 6. The van der Waals surface area contributed by atoms with E-state index in [0.717, 1.165) is 17.4 Å². The van der Waals surface area contributed by atoms with Gasteiger partial charge in [-0.1, -0.05) is 24.5 Å². The van der Waals surface area contributed by atoms with Gasteiger partial charge in [-0.05, 0) is 24.4 Å². The molecule has 3 N–H and O–H groups in total. The lowest BCUT2D eigenvalue weighted by Gasteiger charge is -1.99. The maximum Gasteiger partial charge on any atom is 0.352 e. The van der Waals surface area contributed by atoms with Crippen LogP contribution in [0.3, 0.4) is 0 Å². The molecule has 1 amide bonds. The zero-order valence-corrected chi connectivity index (χ0v) is 12.1. The van der Waals surface area contributed by atoms with Crippen LogP contribution in [0.2, 0.25) is 0 Å². The average molecular weight is 306 g/mol. The van der Waals surface area contributed by atoms with Crippen LogP contribution in [0.15, 0.2) is 42.6 Å². The minimum absolute atomic E-state index is 0.0654. The standard InChI is InChI=1S/C13H14N4O3S/c1-4-8(6-7-14)15-13-17-11(16-9(18)5-2)10(21-13)12(19)20-3/h4-7H,1-2,14H2,3H3,(H,16,18)/b7-6-,15-8+. The highest BCUT2D eigenvalue weighted by Crippen LogP contribution is 2.30. The summed E-state index contributed by atoms with van der Waals surface area (Å²) in [7, 11) is 1.23. The number of hydrogen-bond donors (Lipinski definition) is 2. The van der Waals surface area contributed by atoms with Crippen molar-refractivity contribution in [3.63, 3.8) is 0 Å². The fraction of sp³-hybridized carbons (Fsp3) is 0.0769. The molecule has 0 aromatic carbocycles. The number of nitrogens with two attached hydrogens (primary N) is 1. The zero-order chi connectivity index (χ0) is 15.8. The number of aliphatic imine (C=N–C) groups is 1. The van der Waals surface area contributed by atoms with Gasteiger partial charge < -0.3 is 15.8 Å². The predicted octanol–water partition coefficient (Wildman–Crippen LogP) is 1.79. The Bertz CT molecular complexity index is 631. The number of amides is 1. The first-order chi connectivity index (χ1) is 10.0. The van der Waals surface area contributed by atoms with Gasteiger partial charge in [-0.2, -0.15) is 4.98 Å². The van der Waals surface area contributed by atoms with E-state index in [2.05, 4.69) is 33.2 Å². The normalized spacial score (nSPS) is 11.2. The van der Waals surface area contributed by atoms with Crippen molar-refractivity contribution < 1.29 is 14.3 Å². The molecule has 7 nitrogen and oxygen atoms in total. The number of aromatic nitrogens is 1. The highest BCUT2D eigenvalue weighted by molar-refractivity contribution is 7.17. The molecule has 0 unspecified atom stereocenters. The van der Waals surface area contributed by atoms with Crippen LogP contribution in [0.1, 0.15) is 9.67 Å². The number of allylic oxidation sites excluding steroid dienone is 2. The second-order valence-electron chi connectivity index (χ2n) is 3.46. The number of nitrogens with zero attached hydrogens (tertiary/aromatic N) is 2. The van der Waals surface area contributed by atoms with Crippen molar-refractivity contribution in [2.45, 2.75) is 0 Å². The third-order valence-corrected chi connectivity index (χ3v) is 3.04. The minimum Gasteiger partial charge on any atom is -0.465 e. The number of carbonyl (C=O) groups is 2. The Hall–Kier alpha value is -2.74. The first kappa shape index (κ1) is 16.3. The van der Waals surface area contributed by atoms with Crippen LogP contribution in [-0.4, -0.2) is 29.7 Å². The topological polar surface area (TPSA) is 107 Å². The lowest BCUT2D eigenvalue weighted by atomic mass is 10.3. The lowest BCUT2D eigenvalue weighted by molar-refractivity contribution is -0.111. The molecule has 8 heteroatoms. The second kappa shape index (κ2) is 7.75. The van der Waals surface area contributed by atoms with Crippen molar-refractivity contribution in [3.8, 4) is 0 Å². The van der Waals surface area contributed by atoms with Crippen molar-refractivity contribution >= 4 is 39.9 Å². The molecule has 0 aliphatic carbocycles. The van der Waals surface area contributed by atoms with Crippen LogP contribution in [0, 0.1) is 0 Å². The van der Waals surface area contributed by atoms with Gasteiger partial charge in [-0.15, -0.1) is 0 Å². The third-order valence-electron chi connectivity index (χ3n) is 2.11. The van der Waals surface area contributed by atoms with E-state index < -0.39 is 11.9 Å². The molecule has 0 aliphatic heterocycles. The Morgan fingerprint density at radius 1 is 1.43 bits per heavy atom. The summed E-state index contributed by atoms with van der Waals surface area (Å²) in [5.41, 5.74) is 5.74. The van der Waals surface area contributed by atoms with E-state index in [9.17, 15) is 9.59 Å². The quantitative estimate of drug-likeness (QED) is 0.473. The summed E-state index contributed by atoms with van der Waals surface area (Å²) in [5, 5.41) is 2.68. The molecule has 0 saturated carbocycles. The molecule has 0 fully saturated rings. The van der Waals surface area contributed by atoms with E-state index in [0.29, 0.717) is 5.71 Å². The number of methoxy groups -OCH3 is 1. The van der Waals surface area contributed by atoms with Gasteiger partial charge in [0, 0.05) is 0 Å². The van der Waals surface area contributed by atoms with E-state index in [1.165, 1.54) is 25.5 Å². The number of hydrogen-bond acceptors (Lipinski definition) is 7. The fourth-order valence-corrected chi connectivity index (χ4v) is 2.03. The van der Waals surface area contributed by atoms with Crippen LogP contribution in [0.4, 0.5) is 10.9 Å². The first-order valence-electron chi connectivity index (χ1n) is 5.67. The predicted molar refractivity (Wildman–Crippen MR) is 82.9 cm³/mol. The van der Waals surface area contributed by atoms with E-state index in [1.807, 2.05) is 0 Å². The summed E-state index contributed by atoms with van der Waals surface area (Å²) in [5.74, 6) is -1.05. The molecule has 0 atom stereocenters. The number of carbonyl (C=O) groups excluding carboxylic acids is 2. The lowest BCUT2D eigenvalue weighted by Crippen LogP contribution is -2.11. The minimum atomic E-state index is -0.622. The number of nitrogens with one attached hydrogen (secondary N) is 1. The molecular weight excluding hydrogens is 292 g/mol. The van der Waals surface area contributed by atoms with Crippen LogP contribution >= 0.6 is 11.3 Å². The SMILES string of the molecule is C=CC(=O)Nc1nc(/N=C(C=C)/C=C\N)sc1C(=O)OC. The fourth-order valence-electron chi connectivity index (χ4n) is 1.20. The zero-order valence-electron chi connectivity index (χ0n) is 11.3. The molecule has 0 bridgehead atoms. The number of esters is 1. The van der Waals surface area contributed by atoms with Gasteiger partial charge in [0.05, 0.1) is 12.8 Å². The van der Waals surface area contributed by atoms with E-state index in [-0.39, 0.29) is 15.8 Å². The third kappa shape index (κ3) is 4.39. The van der Waals surface area contributed by atoms with Crippen molar-refractivity contribution in [3.05, 3.63) is 42.5 Å². The van der Waals surface area contributed by atoms with Crippen molar-refractivity contribution in [1.29, 1.82) is 0 Å². The van der Waals surface area contributed by atoms with Crippen molar-refractivity contribution in [2.24, 2.45) is 10.7 Å². The molecular formula is C13H14N4O3S. The number of anilines is 1. The average Bonchev–Trinajstić information content (AvgIpc) is 2.88. The van der Waals surface area contributed by atoms with E-state index in [1.54, 1.807) is 0 Å². The summed E-state index contributed by atoms with van der Waals surface area (Å²) < 4.78 is 4.64. The Morgan fingerprint density at radius 2 is 2.14 bits per heavy atom. The summed E-state index contributed by atoms with van der Waals surface area (Å²) in [4.78, 5) is 31.4. The van der Waals surface area contributed by atoms with Gasteiger partial charge in [-0.3, -0.25) is 4.79 Å². The first-order valence-corrected chi connectivity index (χ1v) is 6.49. The molecule has 1 aromatic heterocycles.